The lowest BCUT2D eigenvalue weighted by molar-refractivity contribution is -0.152. The zero-order valence-electron chi connectivity index (χ0n) is 20.5. The lowest BCUT2D eigenvalue weighted by Crippen LogP contribution is -2.50. The topological polar surface area (TPSA) is 55.8 Å². The molecule has 1 fully saturated rings. The number of hydrogen-bond acceptors (Lipinski definition) is 4. The highest BCUT2D eigenvalue weighted by Gasteiger charge is 2.39. The number of halogens is 2. The van der Waals surface area contributed by atoms with Crippen molar-refractivity contribution >= 4 is 35.1 Å². The smallest absolute Gasteiger partial charge is 0.332 e. The molecule has 3 rings (SSSR count). The maximum atomic E-state index is 13.3. The van der Waals surface area contributed by atoms with Gasteiger partial charge in [-0.2, -0.15) is 0 Å². The number of amides is 1. The third-order valence-electron chi connectivity index (χ3n) is 5.87. The SMILES string of the molecule is C=CCC1CCC(c2ccc(Cl)cc2)N(C(CC)COCC(=O)OCC)C1=O.Clc1ccccc1. The summed E-state index contributed by atoms with van der Waals surface area (Å²) >= 11 is 11.6. The van der Waals surface area contributed by atoms with E-state index in [0.29, 0.717) is 24.7 Å². The van der Waals surface area contributed by atoms with Crippen molar-refractivity contribution in [1.29, 1.82) is 0 Å². The number of allylic oxidation sites excluding steroid dienone is 1. The molecule has 0 aliphatic carbocycles. The Kier molecular flexibility index (Phi) is 12.9. The van der Waals surface area contributed by atoms with E-state index in [0.717, 1.165) is 29.8 Å². The second-order valence-corrected chi connectivity index (χ2v) is 9.16. The number of rotatable bonds is 10. The number of esters is 1. The van der Waals surface area contributed by atoms with Gasteiger partial charge in [-0.05, 0) is 62.4 Å². The fourth-order valence-corrected chi connectivity index (χ4v) is 4.41. The summed E-state index contributed by atoms with van der Waals surface area (Å²) in [6.07, 6.45) is 4.92. The predicted molar refractivity (Wildman–Crippen MR) is 142 cm³/mol. The molecule has 1 saturated heterocycles. The van der Waals surface area contributed by atoms with Crippen LogP contribution in [0.2, 0.25) is 10.0 Å². The molecule has 1 aliphatic rings. The number of ether oxygens (including phenoxy) is 2. The van der Waals surface area contributed by atoms with E-state index in [4.69, 9.17) is 32.7 Å². The molecule has 2 aromatic rings. The number of carbonyl (C=O) groups excluding carboxylic acids is 2. The normalized spacial score (nSPS) is 18.3. The van der Waals surface area contributed by atoms with Crippen molar-refractivity contribution < 1.29 is 19.1 Å². The first-order valence-corrected chi connectivity index (χ1v) is 12.8. The third-order valence-corrected chi connectivity index (χ3v) is 6.37. The van der Waals surface area contributed by atoms with Crippen LogP contribution in [0, 0.1) is 5.92 Å². The largest absolute Gasteiger partial charge is 0.464 e. The highest BCUT2D eigenvalue weighted by Crippen LogP contribution is 2.38. The van der Waals surface area contributed by atoms with Gasteiger partial charge >= 0.3 is 5.97 Å². The van der Waals surface area contributed by atoms with Gasteiger partial charge in [-0.1, -0.05) is 66.5 Å². The summed E-state index contributed by atoms with van der Waals surface area (Å²) in [4.78, 5) is 26.8. The third kappa shape index (κ3) is 9.32. The summed E-state index contributed by atoms with van der Waals surface area (Å²) in [6, 6.07) is 17.0. The molecule has 0 bridgehead atoms. The lowest BCUT2D eigenvalue weighted by atomic mass is 9.85. The molecule has 3 atom stereocenters. The Morgan fingerprint density at radius 1 is 1.09 bits per heavy atom. The minimum absolute atomic E-state index is 0.0259. The second kappa shape index (κ2) is 15.6. The monoisotopic (exact) mass is 519 g/mol. The van der Waals surface area contributed by atoms with Crippen LogP contribution in [-0.4, -0.2) is 42.6 Å². The van der Waals surface area contributed by atoms with Crippen molar-refractivity contribution in [3.63, 3.8) is 0 Å². The molecule has 0 aromatic heterocycles. The van der Waals surface area contributed by atoms with Gasteiger partial charge < -0.3 is 14.4 Å². The minimum atomic E-state index is -0.388. The summed E-state index contributed by atoms with van der Waals surface area (Å²) < 4.78 is 10.5. The van der Waals surface area contributed by atoms with Crippen molar-refractivity contribution in [3.05, 3.63) is 82.9 Å². The Morgan fingerprint density at radius 2 is 1.74 bits per heavy atom. The second-order valence-electron chi connectivity index (χ2n) is 8.29. The van der Waals surface area contributed by atoms with Gasteiger partial charge in [-0.25, -0.2) is 4.79 Å². The first-order valence-electron chi connectivity index (χ1n) is 12.0. The van der Waals surface area contributed by atoms with Crippen LogP contribution in [0.1, 0.15) is 51.1 Å². The molecule has 190 valence electrons. The molecule has 1 amide bonds. The zero-order chi connectivity index (χ0) is 25.6. The van der Waals surface area contributed by atoms with Crippen molar-refractivity contribution in [2.45, 2.75) is 51.6 Å². The van der Waals surface area contributed by atoms with E-state index in [1.807, 2.05) is 72.5 Å². The first-order chi connectivity index (χ1) is 16.9. The summed E-state index contributed by atoms with van der Waals surface area (Å²) in [6.45, 7) is 8.10. The van der Waals surface area contributed by atoms with Crippen molar-refractivity contribution in [3.8, 4) is 0 Å². The van der Waals surface area contributed by atoms with Crippen molar-refractivity contribution in [1.82, 2.24) is 4.90 Å². The average Bonchev–Trinajstić information content (AvgIpc) is 2.85. The zero-order valence-corrected chi connectivity index (χ0v) is 22.0. The number of nitrogens with zero attached hydrogens (tertiary/aromatic N) is 1. The molecule has 1 aliphatic heterocycles. The van der Waals surface area contributed by atoms with E-state index in [1.54, 1.807) is 6.92 Å². The number of carbonyl (C=O) groups is 2. The Morgan fingerprint density at radius 3 is 2.29 bits per heavy atom. The van der Waals surface area contributed by atoms with Crippen LogP contribution >= 0.6 is 23.2 Å². The van der Waals surface area contributed by atoms with E-state index in [1.165, 1.54) is 0 Å². The van der Waals surface area contributed by atoms with Gasteiger partial charge in [0.05, 0.1) is 25.3 Å². The Hall–Kier alpha value is -2.34. The molecule has 0 spiro atoms. The molecular formula is C28H35Cl2NO4. The highest BCUT2D eigenvalue weighted by molar-refractivity contribution is 6.30. The minimum Gasteiger partial charge on any atom is -0.464 e. The maximum Gasteiger partial charge on any atom is 0.332 e. The van der Waals surface area contributed by atoms with Crippen LogP contribution in [-0.2, 0) is 19.1 Å². The number of likely N-dealkylation sites (tertiary alicyclic amines) is 1. The van der Waals surface area contributed by atoms with E-state index >= 15 is 0 Å². The molecular weight excluding hydrogens is 485 g/mol. The fraction of sp³-hybridized carbons (Fsp3) is 0.429. The van der Waals surface area contributed by atoms with Crippen LogP contribution in [0.15, 0.2) is 67.3 Å². The molecule has 35 heavy (non-hydrogen) atoms. The standard InChI is InChI=1S/C22H30ClNO4.C6H5Cl/c1-4-7-17-10-13-20(16-8-11-18(23)12-9-16)24(22(17)26)19(5-2)14-27-15-21(25)28-6-3;7-6-4-2-1-3-5-6/h4,8-9,11-12,17,19-20H,1,5-7,10,13-15H2,2-3H3;1-5H. The summed E-state index contributed by atoms with van der Waals surface area (Å²) in [5.74, 6) is -0.320. The molecule has 5 nitrogen and oxygen atoms in total. The number of benzene rings is 2. The van der Waals surface area contributed by atoms with E-state index in [9.17, 15) is 9.59 Å². The predicted octanol–water partition coefficient (Wildman–Crippen LogP) is 6.89. The van der Waals surface area contributed by atoms with E-state index < -0.39 is 0 Å². The Balaban J connectivity index is 0.000000527. The fourth-order valence-electron chi connectivity index (χ4n) is 4.14. The van der Waals surface area contributed by atoms with Gasteiger partial charge in [-0.15, -0.1) is 6.58 Å². The van der Waals surface area contributed by atoms with Gasteiger partial charge in [0.15, 0.2) is 0 Å². The summed E-state index contributed by atoms with van der Waals surface area (Å²) in [7, 11) is 0. The summed E-state index contributed by atoms with van der Waals surface area (Å²) in [5, 5.41) is 1.47. The van der Waals surface area contributed by atoms with E-state index in [2.05, 4.69) is 6.58 Å². The Labute approximate surface area is 219 Å². The van der Waals surface area contributed by atoms with Crippen molar-refractivity contribution in [2.24, 2.45) is 5.92 Å². The Bertz CT molecular complexity index is 920. The molecule has 7 heteroatoms. The van der Waals surface area contributed by atoms with Gasteiger partial charge in [0, 0.05) is 16.0 Å². The van der Waals surface area contributed by atoms with Crippen LogP contribution in [0.25, 0.3) is 0 Å². The van der Waals surface area contributed by atoms with Gasteiger partial charge in [0.2, 0.25) is 5.91 Å². The molecule has 1 heterocycles. The maximum absolute atomic E-state index is 13.3. The quantitative estimate of drug-likeness (QED) is 0.253. The molecule has 0 saturated carbocycles. The number of piperidine rings is 1. The average molecular weight is 520 g/mol. The van der Waals surface area contributed by atoms with Crippen LogP contribution in [0.5, 0.6) is 0 Å². The highest BCUT2D eigenvalue weighted by atomic mass is 35.5. The molecule has 0 radical (unpaired) electrons. The van der Waals surface area contributed by atoms with E-state index in [-0.39, 0.29) is 36.5 Å². The van der Waals surface area contributed by atoms with Crippen molar-refractivity contribution in [2.75, 3.05) is 19.8 Å². The molecule has 2 aromatic carbocycles. The molecule has 0 N–H and O–H groups in total. The van der Waals surface area contributed by atoms with Crippen LogP contribution in [0.3, 0.4) is 0 Å². The first kappa shape index (κ1) is 28.9. The van der Waals surface area contributed by atoms with Gasteiger partial charge in [0.25, 0.3) is 0 Å². The number of hydrogen-bond donors (Lipinski definition) is 0. The van der Waals surface area contributed by atoms with Crippen LogP contribution < -0.4 is 0 Å². The van der Waals surface area contributed by atoms with Gasteiger partial charge in [0.1, 0.15) is 6.61 Å². The summed E-state index contributed by atoms with van der Waals surface area (Å²) in [5.41, 5.74) is 1.07. The van der Waals surface area contributed by atoms with Crippen LogP contribution in [0.4, 0.5) is 0 Å². The lowest BCUT2D eigenvalue weighted by Gasteiger charge is -2.44. The molecule has 3 unspecified atom stereocenters. The van der Waals surface area contributed by atoms with Gasteiger partial charge in [-0.3, -0.25) is 4.79 Å².